The van der Waals surface area contributed by atoms with Crippen LogP contribution in [0.25, 0.3) is 0 Å². The number of esters is 2. The fourth-order valence-electron chi connectivity index (χ4n) is 3.55. The zero-order valence-electron chi connectivity index (χ0n) is 19.6. The molecule has 0 spiro atoms. The fraction of sp³-hybridized carbons (Fsp3) is 0.360. The first kappa shape index (κ1) is 25.5. The molecule has 0 N–H and O–H groups in total. The van der Waals surface area contributed by atoms with Crippen molar-refractivity contribution >= 4 is 22.0 Å². The van der Waals surface area contributed by atoms with E-state index in [0.29, 0.717) is 17.7 Å². The average molecular weight is 488 g/mol. The minimum Gasteiger partial charge on any atom is -0.492 e. The number of hydrogen-bond acceptors (Lipinski definition) is 7. The summed E-state index contributed by atoms with van der Waals surface area (Å²) in [4.78, 5) is 25.0. The third-order valence-corrected chi connectivity index (χ3v) is 7.35. The number of methoxy groups -OCH3 is 1. The van der Waals surface area contributed by atoms with Gasteiger partial charge in [0.25, 0.3) is 0 Å². The summed E-state index contributed by atoms with van der Waals surface area (Å²) in [7, 11) is -2.57. The molecule has 8 nitrogen and oxygen atoms in total. The van der Waals surface area contributed by atoms with E-state index in [1.165, 1.54) is 11.4 Å². The highest BCUT2D eigenvalue weighted by molar-refractivity contribution is 7.89. The molecule has 2 bridgehead atoms. The van der Waals surface area contributed by atoms with Crippen LogP contribution in [0.3, 0.4) is 0 Å². The van der Waals surface area contributed by atoms with Crippen LogP contribution in [0.5, 0.6) is 5.75 Å². The predicted molar refractivity (Wildman–Crippen MR) is 126 cm³/mol. The Labute approximate surface area is 200 Å². The molecule has 0 fully saturated rings. The van der Waals surface area contributed by atoms with E-state index in [9.17, 15) is 18.0 Å². The first-order chi connectivity index (χ1) is 16.3. The van der Waals surface area contributed by atoms with E-state index in [-0.39, 0.29) is 43.2 Å². The van der Waals surface area contributed by atoms with Crippen molar-refractivity contribution < 1.29 is 32.2 Å². The third-order valence-electron chi connectivity index (χ3n) is 5.47. The number of sulfonamides is 1. The lowest BCUT2D eigenvalue weighted by Crippen LogP contribution is -2.33. The van der Waals surface area contributed by atoms with Gasteiger partial charge >= 0.3 is 11.9 Å². The van der Waals surface area contributed by atoms with Gasteiger partial charge in [0.15, 0.2) is 0 Å². The van der Waals surface area contributed by atoms with Crippen LogP contribution >= 0.6 is 0 Å². The standard InChI is InChI=1S/C25H29NO7S/c1-4-32-25(28)22-17-19-7-10-23(22)33-16-13-20(24(27)31-3)12-15-26(14-11-19)34(29,30)21-8-5-18(2)6-9-21/h5-10,12,17H,4,11,13-16H2,1-3H3/b20-12+. The van der Waals surface area contributed by atoms with E-state index in [4.69, 9.17) is 14.2 Å². The summed E-state index contributed by atoms with van der Waals surface area (Å²) in [6.45, 7) is 4.03. The number of ether oxygens (including phenoxy) is 3. The van der Waals surface area contributed by atoms with Crippen molar-refractivity contribution in [3.63, 3.8) is 0 Å². The van der Waals surface area contributed by atoms with Crippen molar-refractivity contribution in [1.29, 1.82) is 0 Å². The van der Waals surface area contributed by atoms with Crippen LogP contribution in [0.1, 0.15) is 34.8 Å². The highest BCUT2D eigenvalue weighted by Crippen LogP contribution is 2.24. The number of aryl methyl sites for hydroxylation is 1. The molecule has 0 saturated heterocycles. The van der Waals surface area contributed by atoms with E-state index in [0.717, 1.165) is 11.1 Å². The van der Waals surface area contributed by atoms with Crippen LogP contribution < -0.4 is 4.74 Å². The molecule has 0 aliphatic carbocycles. The van der Waals surface area contributed by atoms with Gasteiger partial charge in [-0.2, -0.15) is 4.31 Å². The molecule has 0 atom stereocenters. The Morgan fingerprint density at radius 3 is 2.47 bits per heavy atom. The maximum Gasteiger partial charge on any atom is 0.341 e. The van der Waals surface area contributed by atoms with Gasteiger partial charge in [-0.25, -0.2) is 18.0 Å². The summed E-state index contributed by atoms with van der Waals surface area (Å²) in [5.74, 6) is -0.747. The molecular weight excluding hydrogens is 458 g/mol. The second kappa shape index (κ2) is 11.3. The summed E-state index contributed by atoms with van der Waals surface area (Å²) in [5, 5.41) is 0. The van der Waals surface area contributed by atoms with E-state index in [1.54, 1.807) is 55.5 Å². The van der Waals surface area contributed by atoms with E-state index < -0.39 is 22.0 Å². The van der Waals surface area contributed by atoms with Crippen molar-refractivity contribution in [3.05, 3.63) is 70.8 Å². The largest absolute Gasteiger partial charge is 0.492 e. The number of fused-ring (bicyclic) bond motifs is 9. The van der Waals surface area contributed by atoms with Crippen molar-refractivity contribution in [2.24, 2.45) is 0 Å². The summed E-state index contributed by atoms with van der Waals surface area (Å²) < 4.78 is 44.0. The molecule has 34 heavy (non-hydrogen) atoms. The van der Waals surface area contributed by atoms with E-state index in [2.05, 4.69) is 0 Å². The van der Waals surface area contributed by atoms with Crippen LogP contribution in [0, 0.1) is 6.92 Å². The minimum atomic E-state index is -3.84. The van der Waals surface area contributed by atoms with Gasteiger partial charge in [0.05, 0.1) is 25.2 Å². The molecule has 2 aromatic carbocycles. The normalized spacial score (nSPS) is 16.7. The van der Waals surface area contributed by atoms with Crippen LogP contribution in [-0.2, 0) is 30.7 Å². The molecule has 4 rings (SSSR count). The molecule has 9 heteroatoms. The van der Waals surface area contributed by atoms with Gasteiger partial charge in [0.2, 0.25) is 10.0 Å². The molecule has 0 unspecified atom stereocenters. The lowest BCUT2D eigenvalue weighted by molar-refractivity contribution is -0.136. The molecule has 182 valence electrons. The Hall–Kier alpha value is -3.17. The van der Waals surface area contributed by atoms with Gasteiger partial charge in [0.1, 0.15) is 11.3 Å². The van der Waals surface area contributed by atoms with Crippen LogP contribution in [0.4, 0.5) is 0 Å². The number of carbonyl (C=O) groups excluding carboxylic acids is 2. The van der Waals surface area contributed by atoms with E-state index >= 15 is 0 Å². The highest BCUT2D eigenvalue weighted by Gasteiger charge is 2.25. The summed E-state index contributed by atoms with van der Waals surface area (Å²) in [5.41, 5.74) is 2.26. The van der Waals surface area contributed by atoms with Crippen molar-refractivity contribution in [1.82, 2.24) is 4.31 Å². The quantitative estimate of drug-likeness (QED) is 0.597. The average Bonchev–Trinajstić information content (AvgIpc) is 2.85. The molecule has 2 aromatic rings. The monoisotopic (exact) mass is 487 g/mol. The van der Waals surface area contributed by atoms with Crippen molar-refractivity contribution in [2.75, 3.05) is 33.4 Å². The Balaban J connectivity index is 2.02. The Kier molecular flexibility index (Phi) is 8.46. The highest BCUT2D eigenvalue weighted by atomic mass is 32.2. The molecule has 0 radical (unpaired) electrons. The Bertz CT molecular complexity index is 1170. The van der Waals surface area contributed by atoms with Gasteiger partial charge in [-0.15, -0.1) is 0 Å². The van der Waals surface area contributed by atoms with Gasteiger partial charge < -0.3 is 14.2 Å². The molecule has 2 aliphatic rings. The number of carbonyl (C=O) groups is 2. The van der Waals surface area contributed by atoms with Gasteiger partial charge in [-0.1, -0.05) is 29.8 Å². The first-order valence-electron chi connectivity index (χ1n) is 11.0. The predicted octanol–water partition coefficient (Wildman–Crippen LogP) is 3.29. The van der Waals surface area contributed by atoms with Gasteiger partial charge in [-0.3, -0.25) is 0 Å². The third kappa shape index (κ3) is 6.03. The zero-order chi connectivity index (χ0) is 24.7. The summed E-state index contributed by atoms with van der Waals surface area (Å²) in [6, 6.07) is 11.7. The van der Waals surface area contributed by atoms with Gasteiger partial charge in [-0.05, 0) is 50.1 Å². The molecular formula is C25H29NO7S. The lowest BCUT2D eigenvalue weighted by atomic mass is 10.1. The van der Waals surface area contributed by atoms with Crippen molar-refractivity contribution in [2.45, 2.75) is 31.6 Å². The molecule has 2 heterocycles. The van der Waals surface area contributed by atoms with Crippen LogP contribution in [0.2, 0.25) is 0 Å². The number of hydrogen-bond donors (Lipinski definition) is 0. The van der Waals surface area contributed by atoms with Crippen LogP contribution in [0.15, 0.2) is 59.0 Å². The number of rotatable bonds is 5. The SMILES string of the molecule is CCOC(=O)c1cc2ccc1OCC/C(C(=O)OC)=C\CN(S(=O)(=O)c1ccc(C)cc1)CC2. The Morgan fingerprint density at radius 2 is 1.79 bits per heavy atom. The molecule has 2 aliphatic heterocycles. The molecule has 0 aromatic heterocycles. The minimum absolute atomic E-state index is 0.0113. The first-order valence-corrected chi connectivity index (χ1v) is 12.5. The Morgan fingerprint density at radius 1 is 1.06 bits per heavy atom. The topological polar surface area (TPSA) is 99.2 Å². The van der Waals surface area contributed by atoms with E-state index in [1.807, 2.05) is 6.92 Å². The summed E-state index contributed by atoms with van der Waals surface area (Å²) in [6.07, 6.45) is 2.08. The number of nitrogens with zero attached hydrogens (tertiary/aromatic N) is 1. The van der Waals surface area contributed by atoms with Gasteiger partial charge in [0, 0.05) is 25.1 Å². The smallest absolute Gasteiger partial charge is 0.341 e. The molecule has 0 amide bonds. The maximum atomic E-state index is 13.4. The number of benzene rings is 2. The second-order valence-corrected chi connectivity index (χ2v) is 9.73. The van der Waals surface area contributed by atoms with Crippen LogP contribution in [-0.4, -0.2) is 58.1 Å². The van der Waals surface area contributed by atoms with Crippen molar-refractivity contribution in [3.8, 4) is 5.75 Å². The zero-order valence-corrected chi connectivity index (χ0v) is 20.4. The summed E-state index contributed by atoms with van der Waals surface area (Å²) >= 11 is 0. The maximum absolute atomic E-state index is 13.4. The second-order valence-electron chi connectivity index (χ2n) is 7.80. The lowest BCUT2D eigenvalue weighted by Gasteiger charge is -2.21. The molecule has 0 saturated carbocycles. The fourth-order valence-corrected chi connectivity index (χ4v) is 4.93.